The van der Waals surface area contributed by atoms with Crippen molar-refractivity contribution in [3.63, 3.8) is 0 Å². The van der Waals surface area contributed by atoms with Gasteiger partial charge in [0.05, 0.1) is 23.4 Å². The van der Waals surface area contributed by atoms with E-state index in [9.17, 15) is 9.59 Å². The number of carboxylic acid groups (broad SMARTS) is 1. The van der Waals surface area contributed by atoms with Crippen molar-refractivity contribution >= 4 is 34.9 Å². The number of carbonyl (C=O) groups excluding carboxylic acids is 1. The van der Waals surface area contributed by atoms with Crippen LogP contribution in [0.3, 0.4) is 0 Å². The molecule has 0 radical (unpaired) electrons. The maximum Gasteiger partial charge on any atom is 0.351 e. The smallest absolute Gasteiger partial charge is 0.351 e. The number of methoxy groups -OCH3 is 1. The van der Waals surface area contributed by atoms with Gasteiger partial charge in [0.1, 0.15) is 5.71 Å². The average Bonchev–Trinajstić information content (AvgIpc) is 2.36. The van der Waals surface area contributed by atoms with Crippen LogP contribution >= 0.6 is 11.6 Å². The van der Waals surface area contributed by atoms with Gasteiger partial charge in [0.25, 0.3) is 0 Å². The Balaban J connectivity index is 3.12. The highest BCUT2D eigenvalue weighted by molar-refractivity contribution is 6.35. The predicted octanol–water partition coefficient (Wildman–Crippen LogP) is 2.31. The van der Waals surface area contributed by atoms with E-state index in [2.05, 4.69) is 15.3 Å². The normalized spacial score (nSPS) is 11.1. The number of aliphatic carboxylic acids is 1. The molecule has 0 bridgehead atoms. The molecule has 1 rings (SSSR count). The Kier molecular flexibility index (Phi) is 4.88. The van der Waals surface area contributed by atoms with Crippen molar-refractivity contribution in [2.45, 2.75) is 13.8 Å². The van der Waals surface area contributed by atoms with E-state index in [1.54, 1.807) is 13.0 Å². The fourth-order valence-corrected chi connectivity index (χ4v) is 1.55. The molecule has 0 saturated carbocycles. The maximum atomic E-state index is 11.5. The molecule has 0 fully saturated rings. The zero-order valence-corrected chi connectivity index (χ0v) is 11.4. The van der Waals surface area contributed by atoms with Crippen LogP contribution in [0.2, 0.25) is 5.02 Å². The summed E-state index contributed by atoms with van der Waals surface area (Å²) in [5.41, 5.74) is 3.86. The predicted molar refractivity (Wildman–Crippen MR) is 71.9 cm³/mol. The highest BCUT2D eigenvalue weighted by atomic mass is 35.5. The van der Waals surface area contributed by atoms with Gasteiger partial charge in [-0.3, -0.25) is 5.43 Å². The van der Waals surface area contributed by atoms with E-state index in [0.29, 0.717) is 5.69 Å². The molecule has 1 aromatic carbocycles. The zero-order valence-electron chi connectivity index (χ0n) is 10.7. The van der Waals surface area contributed by atoms with E-state index in [-0.39, 0.29) is 16.3 Å². The molecule has 0 amide bonds. The minimum Gasteiger partial charge on any atom is -0.477 e. The van der Waals surface area contributed by atoms with Crippen molar-refractivity contribution in [2.24, 2.45) is 5.10 Å². The van der Waals surface area contributed by atoms with Crippen molar-refractivity contribution in [1.29, 1.82) is 0 Å². The number of rotatable bonds is 4. The third kappa shape index (κ3) is 3.69. The number of esters is 1. The monoisotopic (exact) mass is 284 g/mol. The van der Waals surface area contributed by atoms with E-state index in [4.69, 9.17) is 16.7 Å². The van der Waals surface area contributed by atoms with Crippen LogP contribution in [0.1, 0.15) is 22.8 Å². The molecule has 0 unspecified atom stereocenters. The van der Waals surface area contributed by atoms with Gasteiger partial charge < -0.3 is 9.84 Å². The van der Waals surface area contributed by atoms with Crippen molar-refractivity contribution in [3.8, 4) is 0 Å². The van der Waals surface area contributed by atoms with Crippen LogP contribution in [0.4, 0.5) is 5.69 Å². The van der Waals surface area contributed by atoms with Crippen molar-refractivity contribution in [1.82, 2.24) is 0 Å². The third-order valence-corrected chi connectivity index (χ3v) is 2.69. The Bertz CT molecular complexity index is 555. The molecule has 0 heterocycles. The summed E-state index contributed by atoms with van der Waals surface area (Å²) in [7, 11) is 1.25. The number of anilines is 1. The van der Waals surface area contributed by atoms with E-state index < -0.39 is 11.9 Å². The first-order chi connectivity index (χ1) is 8.86. The molecule has 7 heteroatoms. The molecule has 0 atom stereocenters. The topological polar surface area (TPSA) is 88.0 Å². The lowest BCUT2D eigenvalue weighted by Gasteiger charge is -2.09. The molecule has 0 saturated heterocycles. The average molecular weight is 285 g/mol. The number of carboxylic acids is 1. The second-order valence-electron chi connectivity index (χ2n) is 3.75. The number of hydrazone groups is 1. The SMILES string of the molecule is COC(=O)c1cc(N/N=C(/C)C(=O)O)c(C)cc1Cl. The summed E-state index contributed by atoms with van der Waals surface area (Å²) in [6.45, 7) is 3.10. The lowest BCUT2D eigenvalue weighted by Crippen LogP contribution is -2.11. The van der Waals surface area contributed by atoms with E-state index in [1.807, 2.05) is 0 Å². The summed E-state index contributed by atoms with van der Waals surface area (Å²) in [4.78, 5) is 22.1. The number of aryl methyl sites for hydroxylation is 1. The molecule has 0 spiro atoms. The molecular weight excluding hydrogens is 272 g/mol. The highest BCUT2D eigenvalue weighted by Gasteiger charge is 2.13. The van der Waals surface area contributed by atoms with Crippen LogP contribution < -0.4 is 5.43 Å². The summed E-state index contributed by atoms with van der Waals surface area (Å²) >= 11 is 5.93. The summed E-state index contributed by atoms with van der Waals surface area (Å²) in [5.74, 6) is -1.71. The number of halogens is 1. The number of nitrogens with zero attached hydrogens (tertiary/aromatic N) is 1. The van der Waals surface area contributed by atoms with Gasteiger partial charge in [-0.1, -0.05) is 11.6 Å². The number of hydrogen-bond donors (Lipinski definition) is 2. The second kappa shape index (κ2) is 6.19. The first-order valence-corrected chi connectivity index (χ1v) is 5.66. The van der Waals surface area contributed by atoms with Crippen LogP contribution in [-0.2, 0) is 9.53 Å². The molecular formula is C12H13ClN2O4. The van der Waals surface area contributed by atoms with Gasteiger partial charge in [-0.2, -0.15) is 5.10 Å². The Labute approximate surface area is 115 Å². The van der Waals surface area contributed by atoms with Gasteiger partial charge in [0.15, 0.2) is 0 Å². The Morgan fingerprint density at radius 3 is 2.58 bits per heavy atom. The van der Waals surface area contributed by atoms with Crippen LogP contribution in [0.15, 0.2) is 17.2 Å². The lowest BCUT2D eigenvalue weighted by atomic mass is 10.1. The Hall–Kier alpha value is -2.08. The van der Waals surface area contributed by atoms with Gasteiger partial charge >= 0.3 is 11.9 Å². The Morgan fingerprint density at radius 2 is 2.05 bits per heavy atom. The van der Waals surface area contributed by atoms with E-state index in [0.717, 1.165) is 5.56 Å². The fraction of sp³-hybridized carbons (Fsp3) is 0.250. The van der Waals surface area contributed by atoms with E-state index >= 15 is 0 Å². The Morgan fingerprint density at radius 1 is 1.42 bits per heavy atom. The molecule has 0 aliphatic rings. The maximum absolute atomic E-state index is 11.5. The first kappa shape index (κ1) is 15.0. The molecule has 1 aromatic rings. The standard InChI is InChI=1S/C12H13ClN2O4/c1-6-4-9(13)8(12(18)19-3)5-10(6)15-14-7(2)11(16)17/h4-5,15H,1-3H3,(H,16,17)/b14-7-. The minimum atomic E-state index is -1.13. The van der Waals surface area contributed by atoms with Gasteiger partial charge in [0.2, 0.25) is 0 Å². The molecule has 0 aromatic heterocycles. The number of nitrogens with one attached hydrogen (secondary N) is 1. The van der Waals surface area contributed by atoms with Crippen molar-refractivity contribution in [3.05, 3.63) is 28.3 Å². The van der Waals surface area contributed by atoms with Gasteiger partial charge in [-0.05, 0) is 31.5 Å². The van der Waals surface area contributed by atoms with Crippen LogP contribution in [0.5, 0.6) is 0 Å². The largest absolute Gasteiger partial charge is 0.477 e. The third-order valence-electron chi connectivity index (χ3n) is 2.37. The second-order valence-corrected chi connectivity index (χ2v) is 4.16. The summed E-state index contributed by atoms with van der Waals surface area (Å²) in [6, 6.07) is 3.03. The number of benzene rings is 1. The molecule has 6 nitrogen and oxygen atoms in total. The van der Waals surface area contributed by atoms with Crippen molar-refractivity contribution < 1.29 is 19.4 Å². The summed E-state index contributed by atoms with van der Waals surface area (Å²) in [6.07, 6.45) is 0. The van der Waals surface area contributed by atoms with Crippen LogP contribution in [0.25, 0.3) is 0 Å². The summed E-state index contributed by atoms with van der Waals surface area (Å²) < 4.78 is 4.59. The highest BCUT2D eigenvalue weighted by Crippen LogP contribution is 2.25. The molecule has 0 aliphatic carbocycles. The minimum absolute atomic E-state index is 0.103. The van der Waals surface area contributed by atoms with Gasteiger partial charge in [0, 0.05) is 0 Å². The number of carbonyl (C=O) groups is 2. The molecule has 102 valence electrons. The van der Waals surface area contributed by atoms with Crippen LogP contribution in [0, 0.1) is 6.92 Å². The number of ether oxygens (including phenoxy) is 1. The van der Waals surface area contributed by atoms with Gasteiger partial charge in [-0.15, -0.1) is 0 Å². The lowest BCUT2D eigenvalue weighted by molar-refractivity contribution is -0.129. The van der Waals surface area contributed by atoms with Gasteiger partial charge in [-0.25, -0.2) is 9.59 Å². The number of hydrogen-bond acceptors (Lipinski definition) is 5. The zero-order chi connectivity index (χ0) is 14.6. The quantitative estimate of drug-likeness (QED) is 0.503. The van der Waals surface area contributed by atoms with E-state index in [1.165, 1.54) is 20.1 Å². The summed E-state index contributed by atoms with van der Waals surface area (Å²) in [5, 5.41) is 12.6. The van der Waals surface area contributed by atoms with Crippen molar-refractivity contribution in [2.75, 3.05) is 12.5 Å². The molecule has 2 N–H and O–H groups in total. The molecule has 19 heavy (non-hydrogen) atoms. The molecule has 0 aliphatic heterocycles. The first-order valence-electron chi connectivity index (χ1n) is 5.29. The fourth-order valence-electron chi connectivity index (χ4n) is 1.25. The van der Waals surface area contributed by atoms with Crippen LogP contribution in [-0.4, -0.2) is 29.9 Å².